The van der Waals surface area contributed by atoms with Gasteiger partial charge < -0.3 is 20.9 Å². The van der Waals surface area contributed by atoms with Crippen molar-refractivity contribution in [1.29, 1.82) is 0 Å². The molecule has 2 aromatic heterocycles. The maximum atomic E-state index is 12.1. The smallest absolute Gasteiger partial charge is 0.258 e. The van der Waals surface area contributed by atoms with E-state index in [2.05, 4.69) is 20.0 Å². The number of nitrogens with one attached hydrogen (secondary N) is 2. The first-order chi connectivity index (χ1) is 10.1. The molecule has 0 saturated carbocycles. The maximum Gasteiger partial charge on any atom is 0.258 e. The Labute approximate surface area is 127 Å². The monoisotopic (exact) mass is 308 g/mol. The van der Waals surface area contributed by atoms with Crippen LogP contribution in [0.2, 0.25) is 0 Å². The fourth-order valence-corrected chi connectivity index (χ4v) is 2.60. The molecule has 0 radical (unpaired) electrons. The number of hydrogen-bond donors (Lipinski definition) is 3. The van der Waals surface area contributed by atoms with E-state index in [1.54, 1.807) is 12.5 Å². The van der Waals surface area contributed by atoms with Gasteiger partial charge in [0.2, 0.25) is 0 Å². The molecule has 2 rings (SSSR count). The summed E-state index contributed by atoms with van der Waals surface area (Å²) in [5.41, 5.74) is 6.23. The summed E-state index contributed by atoms with van der Waals surface area (Å²) < 4.78 is 6.06. The van der Waals surface area contributed by atoms with Gasteiger partial charge in [0.25, 0.3) is 5.91 Å². The first-order valence-corrected chi connectivity index (χ1v) is 7.61. The highest BCUT2D eigenvalue weighted by molar-refractivity contribution is 7.11. The Morgan fingerprint density at radius 2 is 2.33 bits per heavy atom. The van der Waals surface area contributed by atoms with Crippen LogP contribution in [0.15, 0.2) is 18.7 Å². The highest BCUT2D eigenvalue weighted by Crippen LogP contribution is 2.26. The number of rotatable bonds is 7. The Balaban J connectivity index is 1.89. The maximum absolute atomic E-state index is 12.1. The van der Waals surface area contributed by atoms with E-state index in [0.29, 0.717) is 5.56 Å². The van der Waals surface area contributed by atoms with Gasteiger partial charge in [0.15, 0.2) is 5.82 Å². The quantitative estimate of drug-likeness (QED) is 0.674. The predicted molar refractivity (Wildman–Crippen MR) is 84.5 cm³/mol. The van der Waals surface area contributed by atoms with Gasteiger partial charge >= 0.3 is 0 Å². The van der Waals surface area contributed by atoms with E-state index in [9.17, 15) is 4.79 Å². The molecule has 0 atom stereocenters. The Hall–Kier alpha value is -2.09. The van der Waals surface area contributed by atoms with Gasteiger partial charge in [-0.2, -0.15) is 4.37 Å². The van der Waals surface area contributed by atoms with E-state index in [1.165, 1.54) is 11.5 Å². The fourth-order valence-electron chi connectivity index (χ4n) is 1.86. The Morgan fingerprint density at radius 3 is 3.00 bits per heavy atom. The normalized spacial score (nSPS) is 10.8. The largest absolute Gasteiger partial charge is 0.382 e. The van der Waals surface area contributed by atoms with Crippen molar-refractivity contribution < 1.29 is 4.79 Å². The second-order valence-corrected chi connectivity index (χ2v) is 5.75. The van der Waals surface area contributed by atoms with E-state index < -0.39 is 0 Å². The average molecular weight is 308 g/mol. The number of nitrogen functional groups attached to an aromatic ring is 1. The molecule has 0 unspecified atom stereocenters. The third kappa shape index (κ3) is 4.19. The Morgan fingerprint density at radius 1 is 1.52 bits per heavy atom. The molecule has 0 aliphatic carbocycles. The molecule has 2 heterocycles. The van der Waals surface area contributed by atoms with Gasteiger partial charge in [-0.15, -0.1) is 0 Å². The second kappa shape index (κ2) is 7.07. The minimum atomic E-state index is -0.187. The van der Waals surface area contributed by atoms with Crippen LogP contribution in [0.3, 0.4) is 0 Å². The lowest BCUT2D eigenvalue weighted by atomic mass is 10.2. The van der Waals surface area contributed by atoms with E-state index in [0.717, 1.165) is 24.5 Å². The van der Waals surface area contributed by atoms with Gasteiger partial charge in [-0.05, 0) is 31.8 Å². The summed E-state index contributed by atoms with van der Waals surface area (Å²) in [6.07, 6.45) is 6.38. The van der Waals surface area contributed by atoms with Crippen LogP contribution < -0.4 is 16.4 Å². The molecule has 114 valence electrons. The number of carbonyl (C=O) groups is 1. The van der Waals surface area contributed by atoms with Crippen molar-refractivity contribution >= 4 is 28.3 Å². The van der Waals surface area contributed by atoms with Gasteiger partial charge in [0, 0.05) is 31.5 Å². The zero-order valence-electron chi connectivity index (χ0n) is 12.2. The zero-order chi connectivity index (χ0) is 15.2. The first-order valence-electron chi connectivity index (χ1n) is 6.83. The lowest BCUT2D eigenvalue weighted by molar-refractivity contribution is 0.0945. The summed E-state index contributed by atoms with van der Waals surface area (Å²) in [7, 11) is 0. The number of aromatic nitrogens is 3. The summed E-state index contributed by atoms with van der Waals surface area (Å²) in [5, 5.41) is 6.79. The van der Waals surface area contributed by atoms with Crippen molar-refractivity contribution in [1.82, 2.24) is 19.2 Å². The number of anilines is 2. The number of imidazole rings is 1. The molecule has 0 bridgehead atoms. The van der Waals surface area contributed by atoms with Gasteiger partial charge in [0.05, 0.1) is 6.33 Å². The van der Waals surface area contributed by atoms with Crippen LogP contribution in [0.25, 0.3) is 0 Å². The molecule has 8 heteroatoms. The summed E-state index contributed by atoms with van der Waals surface area (Å²) in [6, 6.07) is 0.0610. The molecule has 7 nitrogen and oxygen atoms in total. The SMILES string of the molecule is CC(C)NC(=O)c1c(N)nsc1NCCCn1ccnc1. The molecular weight excluding hydrogens is 288 g/mol. The minimum absolute atomic E-state index is 0.0610. The van der Waals surface area contributed by atoms with Crippen molar-refractivity contribution in [3.63, 3.8) is 0 Å². The summed E-state index contributed by atoms with van der Waals surface area (Å²) in [6.45, 7) is 5.43. The third-order valence-corrected chi connectivity index (χ3v) is 3.62. The zero-order valence-corrected chi connectivity index (χ0v) is 13.0. The van der Waals surface area contributed by atoms with Crippen LogP contribution in [0.5, 0.6) is 0 Å². The summed E-state index contributed by atoms with van der Waals surface area (Å²) in [5.74, 6) is 0.0867. The molecule has 0 aliphatic rings. The molecule has 0 aliphatic heterocycles. The molecule has 0 aromatic carbocycles. The van der Waals surface area contributed by atoms with Crippen molar-refractivity contribution in [2.24, 2.45) is 0 Å². The van der Waals surface area contributed by atoms with Crippen LogP contribution in [0.4, 0.5) is 10.8 Å². The second-order valence-electron chi connectivity index (χ2n) is 4.98. The predicted octanol–water partition coefficient (Wildman–Crippen LogP) is 1.56. The summed E-state index contributed by atoms with van der Waals surface area (Å²) in [4.78, 5) is 16.1. The molecule has 2 aromatic rings. The topological polar surface area (TPSA) is 97.9 Å². The lowest BCUT2D eigenvalue weighted by Crippen LogP contribution is -2.30. The van der Waals surface area contributed by atoms with Crippen molar-refractivity contribution in [3.05, 3.63) is 24.3 Å². The lowest BCUT2D eigenvalue weighted by Gasteiger charge is -2.10. The van der Waals surface area contributed by atoms with Crippen LogP contribution in [-0.4, -0.2) is 32.4 Å². The molecule has 4 N–H and O–H groups in total. The number of nitrogens with two attached hydrogens (primary N) is 1. The average Bonchev–Trinajstić information content (AvgIpc) is 3.03. The van der Waals surface area contributed by atoms with Crippen molar-refractivity contribution in [2.45, 2.75) is 32.9 Å². The van der Waals surface area contributed by atoms with Crippen LogP contribution in [0.1, 0.15) is 30.6 Å². The fraction of sp³-hybridized carbons (Fsp3) is 0.462. The molecule has 0 spiro atoms. The van der Waals surface area contributed by atoms with Gasteiger partial charge in [-0.1, -0.05) is 0 Å². The number of amides is 1. The Kier molecular flexibility index (Phi) is 5.15. The van der Waals surface area contributed by atoms with Crippen molar-refractivity contribution in [2.75, 3.05) is 17.6 Å². The molecule has 21 heavy (non-hydrogen) atoms. The van der Waals surface area contributed by atoms with Gasteiger partial charge in [-0.3, -0.25) is 4.79 Å². The van der Waals surface area contributed by atoms with E-state index in [-0.39, 0.29) is 17.8 Å². The van der Waals surface area contributed by atoms with Crippen LogP contribution in [-0.2, 0) is 6.54 Å². The third-order valence-electron chi connectivity index (χ3n) is 2.80. The molecule has 0 saturated heterocycles. The highest BCUT2D eigenvalue weighted by atomic mass is 32.1. The van der Waals surface area contributed by atoms with Gasteiger partial charge in [-0.25, -0.2) is 4.98 Å². The van der Waals surface area contributed by atoms with Crippen LogP contribution in [0, 0.1) is 0 Å². The van der Waals surface area contributed by atoms with Crippen molar-refractivity contribution in [3.8, 4) is 0 Å². The first kappa shape index (κ1) is 15.3. The van der Waals surface area contributed by atoms with E-state index >= 15 is 0 Å². The van der Waals surface area contributed by atoms with Crippen LogP contribution >= 0.6 is 11.5 Å². The number of aryl methyl sites for hydroxylation is 1. The highest BCUT2D eigenvalue weighted by Gasteiger charge is 2.19. The number of nitrogens with zero attached hydrogens (tertiary/aromatic N) is 3. The number of hydrogen-bond acceptors (Lipinski definition) is 6. The van der Waals surface area contributed by atoms with E-state index in [1.807, 2.05) is 24.6 Å². The van der Waals surface area contributed by atoms with Gasteiger partial charge in [0.1, 0.15) is 10.6 Å². The van der Waals surface area contributed by atoms with E-state index in [4.69, 9.17) is 5.73 Å². The summed E-state index contributed by atoms with van der Waals surface area (Å²) >= 11 is 1.21. The minimum Gasteiger partial charge on any atom is -0.382 e. The molecule has 1 amide bonds. The molecular formula is C13H20N6OS. The Bertz CT molecular complexity index is 578. The number of carbonyl (C=O) groups excluding carboxylic acids is 1. The standard InChI is InChI=1S/C13H20N6OS/c1-9(2)17-12(20)10-11(14)18-21-13(10)16-4-3-6-19-7-5-15-8-19/h5,7-9,16H,3-4,6H2,1-2H3,(H2,14,18)(H,17,20). The molecule has 0 fully saturated rings.